The zero-order valence-electron chi connectivity index (χ0n) is 13.0. The highest BCUT2D eigenvalue weighted by atomic mass is 32.2. The van der Waals surface area contributed by atoms with Crippen molar-refractivity contribution in [3.8, 4) is 0 Å². The van der Waals surface area contributed by atoms with E-state index in [2.05, 4.69) is 18.2 Å². The molecule has 0 amide bonds. The van der Waals surface area contributed by atoms with Crippen LogP contribution in [0.15, 0.2) is 71.8 Å². The third-order valence-electron chi connectivity index (χ3n) is 4.91. The largest absolute Gasteiger partial charge is 0.273 e. The fourth-order valence-electron chi connectivity index (χ4n) is 3.53. The molecule has 0 saturated heterocycles. The van der Waals surface area contributed by atoms with Gasteiger partial charge in [-0.3, -0.25) is 4.31 Å². The van der Waals surface area contributed by atoms with Crippen molar-refractivity contribution in [3.05, 3.63) is 78.0 Å². The van der Waals surface area contributed by atoms with Crippen LogP contribution in [0.4, 0.5) is 0 Å². The predicted octanol–water partition coefficient (Wildman–Crippen LogP) is 3.54. The second-order valence-electron chi connectivity index (χ2n) is 6.41. The Bertz CT molecular complexity index is 841. The lowest BCUT2D eigenvalue weighted by molar-refractivity contribution is 0.460. The molecule has 2 aromatic rings. The van der Waals surface area contributed by atoms with Gasteiger partial charge in [0, 0.05) is 12.7 Å². The molecule has 1 fully saturated rings. The Balaban J connectivity index is 1.56. The number of aryl methyl sites for hydroxylation is 1. The number of hydrogen-bond donors (Lipinski definition) is 0. The standard InChI is InChI=1S/C19H19NO2S/c1-14-7-9-16(10-8-14)23(21,22)20-12-11-17-18(13-20)19(17)15-5-3-2-4-6-15/h2-12,17-19H,13H2,1H3/t17-,18+,19+/m1/s1. The lowest BCUT2D eigenvalue weighted by atomic mass is 10.1. The van der Waals surface area contributed by atoms with E-state index in [0.717, 1.165) is 5.56 Å². The molecule has 3 nitrogen and oxygen atoms in total. The normalized spacial score (nSPS) is 26.0. The maximum atomic E-state index is 12.8. The number of benzene rings is 2. The molecule has 0 N–H and O–H groups in total. The monoisotopic (exact) mass is 325 g/mol. The molecule has 0 bridgehead atoms. The van der Waals surface area contributed by atoms with Crippen molar-refractivity contribution in [1.82, 2.24) is 4.31 Å². The van der Waals surface area contributed by atoms with Crippen LogP contribution in [-0.4, -0.2) is 19.3 Å². The molecule has 0 aromatic heterocycles. The van der Waals surface area contributed by atoms with Gasteiger partial charge in [-0.15, -0.1) is 0 Å². The van der Waals surface area contributed by atoms with Gasteiger partial charge >= 0.3 is 0 Å². The predicted molar refractivity (Wildman–Crippen MR) is 90.4 cm³/mol. The molecule has 23 heavy (non-hydrogen) atoms. The van der Waals surface area contributed by atoms with E-state index in [1.807, 2.05) is 37.3 Å². The minimum Gasteiger partial charge on any atom is -0.273 e. The first-order valence-corrected chi connectivity index (χ1v) is 9.33. The molecule has 1 aliphatic carbocycles. The Morgan fingerprint density at radius 2 is 1.70 bits per heavy atom. The van der Waals surface area contributed by atoms with Crippen LogP contribution >= 0.6 is 0 Å². The SMILES string of the molecule is Cc1ccc(S(=O)(=O)N2C=C[C@@H]3[C@H](C2)[C@H]3c2ccccc2)cc1. The average molecular weight is 325 g/mol. The van der Waals surface area contributed by atoms with Gasteiger partial charge in [0.2, 0.25) is 0 Å². The van der Waals surface area contributed by atoms with Crippen molar-refractivity contribution in [2.24, 2.45) is 11.8 Å². The lowest BCUT2D eigenvalue weighted by Gasteiger charge is -2.23. The number of hydrogen-bond acceptors (Lipinski definition) is 2. The molecule has 2 aromatic carbocycles. The molecule has 4 heteroatoms. The molecule has 0 radical (unpaired) electrons. The molecule has 2 aliphatic rings. The van der Waals surface area contributed by atoms with Gasteiger partial charge in [0.25, 0.3) is 10.0 Å². The molecule has 3 atom stereocenters. The van der Waals surface area contributed by atoms with Crippen molar-refractivity contribution in [2.75, 3.05) is 6.54 Å². The highest BCUT2D eigenvalue weighted by Crippen LogP contribution is 2.57. The fourth-order valence-corrected chi connectivity index (χ4v) is 4.88. The van der Waals surface area contributed by atoms with E-state index in [4.69, 9.17) is 0 Å². The highest BCUT2D eigenvalue weighted by molar-refractivity contribution is 7.89. The van der Waals surface area contributed by atoms with E-state index >= 15 is 0 Å². The van der Waals surface area contributed by atoms with Gasteiger partial charge in [-0.1, -0.05) is 54.1 Å². The summed E-state index contributed by atoms with van der Waals surface area (Å²) in [5.41, 5.74) is 2.37. The summed E-state index contributed by atoms with van der Waals surface area (Å²) in [5, 5.41) is 0. The summed E-state index contributed by atoms with van der Waals surface area (Å²) >= 11 is 0. The van der Waals surface area contributed by atoms with E-state index in [1.54, 1.807) is 18.3 Å². The van der Waals surface area contributed by atoms with E-state index in [1.165, 1.54) is 9.87 Å². The van der Waals surface area contributed by atoms with Gasteiger partial charge in [-0.25, -0.2) is 8.42 Å². The van der Waals surface area contributed by atoms with Gasteiger partial charge in [0.15, 0.2) is 0 Å². The Kier molecular flexibility index (Phi) is 3.31. The van der Waals surface area contributed by atoms with Crippen LogP contribution in [0, 0.1) is 18.8 Å². The zero-order valence-corrected chi connectivity index (χ0v) is 13.8. The van der Waals surface area contributed by atoms with Gasteiger partial charge in [-0.05, 0) is 42.4 Å². The Hall–Kier alpha value is -2.07. The fraction of sp³-hybridized carbons (Fsp3) is 0.263. The molecular weight excluding hydrogens is 306 g/mol. The minimum absolute atomic E-state index is 0.364. The van der Waals surface area contributed by atoms with Gasteiger partial charge in [0.05, 0.1) is 4.90 Å². The first kappa shape index (κ1) is 14.5. The Labute approximate surface area is 137 Å². The maximum Gasteiger partial charge on any atom is 0.263 e. The molecular formula is C19H19NO2S. The van der Waals surface area contributed by atoms with Gasteiger partial charge in [0.1, 0.15) is 0 Å². The van der Waals surface area contributed by atoms with Crippen molar-refractivity contribution in [1.29, 1.82) is 0 Å². The summed E-state index contributed by atoms with van der Waals surface area (Å²) in [6.07, 6.45) is 3.80. The number of nitrogens with zero attached hydrogens (tertiary/aromatic N) is 1. The summed E-state index contributed by atoms with van der Waals surface area (Å²) in [5.74, 6) is 1.31. The maximum absolute atomic E-state index is 12.8. The van der Waals surface area contributed by atoms with Crippen molar-refractivity contribution < 1.29 is 8.42 Å². The second kappa shape index (κ2) is 5.24. The summed E-state index contributed by atoms with van der Waals surface area (Å²) in [6, 6.07) is 17.4. The van der Waals surface area contributed by atoms with Crippen LogP contribution in [0.1, 0.15) is 17.0 Å². The second-order valence-corrected chi connectivity index (χ2v) is 8.30. The van der Waals surface area contributed by atoms with E-state index in [-0.39, 0.29) is 0 Å². The van der Waals surface area contributed by atoms with E-state index in [9.17, 15) is 8.42 Å². The van der Waals surface area contributed by atoms with Gasteiger partial charge in [-0.2, -0.15) is 0 Å². The zero-order chi connectivity index (χ0) is 16.0. The number of allylic oxidation sites excluding steroid dienone is 1. The Morgan fingerprint density at radius 1 is 1.00 bits per heavy atom. The van der Waals surface area contributed by atoms with Crippen LogP contribution in [0.2, 0.25) is 0 Å². The number of sulfonamides is 1. The van der Waals surface area contributed by atoms with Gasteiger partial charge < -0.3 is 0 Å². The number of rotatable bonds is 3. The van der Waals surface area contributed by atoms with E-state index < -0.39 is 10.0 Å². The summed E-state index contributed by atoms with van der Waals surface area (Å²) < 4.78 is 27.1. The van der Waals surface area contributed by atoms with Crippen LogP contribution in [0.3, 0.4) is 0 Å². The van der Waals surface area contributed by atoms with Crippen molar-refractivity contribution in [3.63, 3.8) is 0 Å². The molecule has 1 heterocycles. The molecule has 0 unspecified atom stereocenters. The third-order valence-corrected chi connectivity index (χ3v) is 6.66. The summed E-state index contributed by atoms with van der Waals surface area (Å²) in [4.78, 5) is 0.364. The van der Waals surface area contributed by atoms with Crippen molar-refractivity contribution >= 4 is 10.0 Å². The molecule has 118 valence electrons. The molecule has 0 spiro atoms. The van der Waals surface area contributed by atoms with Crippen LogP contribution in [0.5, 0.6) is 0 Å². The van der Waals surface area contributed by atoms with Crippen LogP contribution < -0.4 is 0 Å². The average Bonchev–Trinajstić information content (AvgIpc) is 3.29. The molecule has 1 aliphatic heterocycles. The first-order chi connectivity index (χ1) is 11.1. The minimum atomic E-state index is -3.44. The van der Waals surface area contributed by atoms with Crippen molar-refractivity contribution in [2.45, 2.75) is 17.7 Å². The summed E-state index contributed by atoms with van der Waals surface area (Å²) in [7, 11) is -3.44. The number of fused-ring (bicyclic) bond motifs is 1. The lowest BCUT2D eigenvalue weighted by Crippen LogP contribution is -2.30. The van der Waals surface area contributed by atoms with Crippen LogP contribution in [-0.2, 0) is 10.0 Å². The van der Waals surface area contributed by atoms with E-state index in [0.29, 0.717) is 29.2 Å². The first-order valence-electron chi connectivity index (χ1n) is 7.89. The smallest absolute Gasteiger partial charge is 0.263 e. The topological polar surface area (TPSA) is 37.4 Å². The highest BCUT2D eigenvalue weighted by Gasteiger charge is 2.52. The summed E-state index contributed by atoms with van der Waals surface area (Å²) in [6.45, 7) is 2.52. The molecule has 1 saturated carbocycles. The quantitative estimate of drug-likeness (QED) is 0.865. The third kappa shape index (κ3) is 2.47. The molecule has 4 rings (SSSR count). The van der Waals surface area contributed by atoms with Crippen LogP contribution in [0.25, 0.3) is 0 Å². The Morgan fingerprint density at radius 3 is 2.39 bits per heavy atom.